The Morgan fingerprint density at radius 2 is 2.04 bits per heavy atom. The summed E-state index contributed by atoms with van der Waals surface area (Å²) in [4.78, 5) is 16.5. The highest BCUT2D eigenvalue weighted by Crippen LogP contribution is 2.24. The van der Waals surface area contributed by atoms with E-state index in [9.17, 15) is 13.2 Å². The molecule has 8 nitrogen and oxygen atoms in total. The van der Waals surface area contributed by atoms with Crippen molar-refractivity contribution in [2.24, 2.45) is 13.0 Å². The number of rotatable bonds is 5. The molecule has 1 N–H and O–H groups in total. The predicted molar refractivity (Wildman–Crippen MR) is 96.3 cm³/mol. The molecule has 0 aliphatic carbocycles. The zero-order valence-corrected chi connectivity index (χ0v) is 15.6. The molecule has 0 spiro atoms. The Kier molecular flexibility index (Phi) is 5.28. The van der Waals surface area contributed by atoms with Crippen LogP contribution in [0, 0.1) is 5.92 Å². The standard InChI is InChI=1S/C17H22N4O4S/c1-20-11-16(18-12-20)26(23,24)21-9-3-4-13(10-21)17(22)19-14-5-7-15(25-2)8-6-14/h5-8,11-13H,3-4,9-10H2,1-2H3,(H,19,22)/t13-/m0/s1. The zero-order chi connectivity index (χ0) is 18.7. The fraction of sp³-hybridized carbons (Fsp3) is 0.412. The number of carbonyl (C=O) groups is 1. The van der Waals surface area contributed by atoms with Crippen LogP contribution in [0.5, 0.6) is 5.75 Å². The number of amides is 1. The van der Waals surface area contributed by atoms with Crippen molar-refractivity contribution in [3.05, 3.63) is 36.8 Å². The van der Waals surface area contributed by atoms with Crippen LogP contribution in [0.3, 0.4) is 0 Å². The molecule has 0 bridgehead atoms. The second-order valence-electron chi connectivity index (χ2n) is 6.30. The van der Waals surface area contributed by atoms with E-state index in [0.29, 0.717) is 30.8 Å². The molecule has 26 heavy (non-hydrogen) atoms. The smallest absolute Gasteiger partial charge is 0.262 e. The molecular formula is C17H22N4O4S. The van der Waals surface area contributed by atoms with E-state index in [2.05, 4.69) is 10.3 Å². The number of ether oxygens (including phenoxy) is 1. The molecule has 0 saturated carbocycles. The lowest BCUT2D eigenvalue weighted by atomic mass is 9.99. The molecule has 140 valence electrons. The van der Waals surface area contributed by atoms with Gasteiger partial charge in [-0.25, -0.2) is 13.4 Å². The number of methoxy groups -OCH3 is 1. The third-order valence-electron chi connectivity index (χ3n) is 4.40. The Morgan fingerprint density at radius 1 is 1.31 bits per heavy atom. The first-order valence-electron chi connectivity index (χ1n) is 8.33. The summed E-state index contributed by atoms with van der Waals surface area (Å²) >= 11 is 0. The Bertz CT molecular complexity index is 876. The van der Waals surface area contributed by atoms with E-state index < -0.39 is 15.9 Å². The molecule has 1 aromatic carbocycles. The largest absolute Gasteiger partial charge is 0.497 e. The number of anilines is 1. The molecule has 1 aromatic heterocycles. The third kappa shape index (κ3) is 3.88. The van der Waals surface area contributed by atoms with Gasteiger partial charge in [0.25, 0.3) is 10.0 Å². The van der Waals surface area contributed by atoms with Gasteiger partial charge in [-0.15, -0.1) is 0 Å². The number of hydrogen-bond acceptors (Lipinski definition) is 5. The molecular weight excluding hydrogens is 356 g/mol. The van der Waals surface area contributed by atoms with Gasteiger partial charge in [0.05, 0.1) is 19.4 Å². The molecule has 1 amide bonds. The van der Waals surface area contributed by atoms with E-state index in [1.54, 1.807) is 43.0 Å². The SMILES string of the molecule is COc1ccc(NC(=O)[C@H]2CCCN(S(=O)(=O)c3cn(C)cn3)C2)cc1. The Hall–Kier alpha value is -2.39. The van der Waals surface area contributed by atoms with Crippen LogP contribution in [0.2, 0.25) is 0 Å². The molecule has 9 heteroatoms. The molecule has 2 heterocycles. The van der Waals surface area contributed by atoms with E-state index in [1.807, 2.05) is 0 Å². The van der Waals surface area contributed by atoms with Gasteiger partial charge in [0.15, 0.2) is 5.03 Å². The molecule has 0 unspecified atom stereocenters. The minimum Gasteiger partial charge on any atom is -0.497 e. The number of hydrogen-bond donors (Lipinski definition) is 1. The van der Waals surface area contributed by atoms with Gasteiger partial charge in [0, 0.05) is 32.0 Å². The van der Waals surface area contributed by atoms with Gasteiger partial charge in [0.1, 0.15) is 5.75 Å². The van der Waals surface area contributed by atoms with E-state index in [1.165, 1.54) is 16.8 Å². The fourth-order valence-corrected chi connectivity index (χ4v) is 4.44. The van der Waals surface area contributed by atoms with Crippen LogP contribution in [0.1, 0.15) is 12.8 Å². The second kappa shape index (κ2) is 7.46. The lowest BCUT2D eigenvalue weighted by Gasteiger charge is -2.30. The van der Waals surface area contributed by atoms with E-state index in [0.717, 1.165) is 0 Å². The monoisotopic (exact) mass is 378 g/mol. The first-order valence-corrected chi connectivity index (χ1v) is 9.77. The van der Waals surface area contributed by atoms with Gasteiger partial charge in [0.2, 0.25) is 5.91 Å². The molecule has 1 atom stereocenters. The van der Waals surface area contributed by atoms with Crippen molar-refractivity contribution in [1.29, 1.82) is 0 Å². The van der Waals surface area contributed by atoms with Crippen molar-refractivity contribution in [3.63, 3.8) is 0 Å². The van der Waals surface area contributed by atoms with Crippen molar-refractivity contribution in [2.75, 3.05) is 25.5 Å². The van der Waals surface area contributed by atoms with Crippen molar-refractivity contribution in [2.45, 2.75) is 17.9 Å². The maximum Gasteiger partial charge on any atom is 0.262 e. The maximum atomic E-state index is 12.7. The van der Waals surface area contributed by atoms with Crippen LogP contribution in [-0.2, 0) is 21.9 Å². The van der Waals surface area contributed by atoms with Gasteiger partial charge < -0.3 is 14.6 Å². The van der Waals surface area contributed by atoms with Crippen molar-refractivity contribution in [1.82, 2.24) is 13.9 Å². The number of benzene rings is 1. The molecule has 1 aliphatic rings. The summed E-state index contributed by atoms with van der Waals surface area (Å²) in [6.07, 6.45) is 4.20. The Labute approximate surface area is 152 Å². The molecule has 1 aliphatic heterocycles. The highest BCUT2D eigenvalue weighted by molar-refractivity contribution is 7.89. The fourth-order valence-electron chi connectivity index (χ4n) is 2.95. The molecule has 1 saturated heterocycles. The zero-order valence-electron chi connectivity index (χ0n) is 14.8. The number of piperidine rings is 1. The highest BCUT2D eigenvalue weighted by atomic mass is 32.2. The van der Waals surface area contributed by atoms with Crippen LogP contribution >= 0.6 is 0 Å². The minimum atomic E-state index is -3.68. The van der Waals surface area contributed by atoms with Crippen LogP contribution in [-0.4, -0.2) is 48.4 Å². The van der Waals surface area contributed by atoms with E-state index in [-0.39, 0.29) is 17.5 Å². The average Bonchev–Trinajstić information content (AvgIpc) is 3.10. The summed E-state index contributed by atoms with van der Waals surface area (Å²) in [6.45, 7) is 0.548. The number of imidazole rings is 1. The summed E-state index contributed by atoms with van der Waals surface area (Å²) in [5.41, 5.74) is 0.653. The molecule has 3 rings (SSSR count). The van der Waals surface area contributed by atoms with Gasteiger partial charge in [-0.2, -0.15) is 4.31 Å². The van der Waals surface area contributed by atoms with Crippen LogP contribution in [0.25, 0.3) is 0 Å². The highest BCUT2D eigenvalue weighted by Gasteiger charge is 2.34. The van der Waals surface area contributed by atoms with Gasteiger partial charge >= 0.3 is 0 Å². The van der Waals surface area contributed by atoms with Gasteiger partial charge in [-0.05, 0) is 37.1 Å². The summed E-state index contributed by atoms with van der Waals surface area (Å²) < 4.78 is 33.4. The number of carbonyl (C=O) groups excluding carboxylic acids is 1. The lowest BCUT2D eigenvalue weighted by Crippen LogP contribution is -2.43. The number of aromatic nitrogens is 2. The van der Waals surface area contributed by atoms with Crippen LogP contribution in [0.4, 0.5) is 5.69 Å². The summed E-state index contributed by atoms with van der Waals surface area (Å²) in [7, 11) is -0.393. The van der Waals surface area contributed by atoms with Crippen molar-refractivity contribution >= 4 is 21.6 Å². The Morgan fingerprint density at radius 3 is 2.65 bits per heavy atom. The lowest BCUT2D eigenvalue weighted by molar-refractivity contribution is -0.120. The van der Waals surface area contributed by atoms with E-state index in [4.69, 9.17) is 4.74 Å². The summed E-state index contributed by atoms with van der Waals surface area (Å²) in [5, 5.41) is 2.85. The van der Waals surface area contributed by atoms with Crippen LogP contribution in [0.15, 0.2) is 41.8 Å². The maximum absolute atomic E-state index is 12.7. The first-order chi connectivity index (χ1) is 12.4. The quantitative estimate of drug-likeness (QED) is 0.850. The van der Waals surface area contributed by atoms with E-state index >= 15 is 0 Å². The minimum absolute atomic E-state index is 0.0104. The topological polar surface area (TPSA) is 93.5 Å². The normalized spacial score (nSPS) is 18.5. The number of nitrogens with one attached hydrogen (secondary N) is 1. The summed E-state index contributed by atoms with van der Waals surface area (Å²) in [6, 6.07) is 7.02. The Balaban J connectivity index is 1.68. The first kappa shape index (κ1) is 18.4. The van der Waals surface area contributed by atoms with Crippen molar-refractivity contribution in [3.8, 4) is 5.75 Å². The molecule has 0 radical (unpaired) electrons. The van der Waals surface area contributed by atoms with Crippen LogP contribution < -0.4 is 10.1 Å². The summed E-state index contributed by atoms with van der Waals surface area (Å²) in [5.74, 6) is 0.119. The third-order valence-corrected chi connectivity index (χ3v) is 6.15. The number of aryl methyl sites for hydroxylation is 1. The molecule has 1 fully saturated rings. The predicted octanol–water partition coefficient (Wildman–Crippen LogP) is 1.47. The van der Waals surface area contributed by atoms with Gasteiger partial charge in [-0.1, -0.05) is 0 Å². The van der Waals surface area contributed by atoms with Gasteiger partial charge in [-0.3, -0.25) is 4.79 Å². The second-order valence-corrected chi connectivity index (χ2v) is 8.18. The number of nitrogens with zero attached hydrogens (tertiary/aromatic N) is 3. The molecule has 2 aromatic rings. The number of sulfonamides is 1. The van der Waals surface area contributed by atoms with Crippen molar-refractivity contribution < 1.29 is 17.9 Å². The average molecular weight is 378 g/mol.